The molecule has 0 aliphatic rings. The number of rotatable bonds is 4. The van der Waals surface area contributed by atoms with Crippen LogP contribution < -0.4 is 18.1 Å². The van der Waals surface area contributed by atoms with Crippen molar-refractivity contribution < 1.29 is 32.8 Å². The van der Waals surface area contributed by atoms with Crippen molar-refractivity contribution in [2.75, 3.05) is 6.54 Å². The van der Waals surface area contributed by atoms with Crippen LogP contribution in [0.4, 0.5) is 0 Å². The molecule has 0 radical (unpaired) electrons. The van der Waals surface area contributed by atoms with E-state index in [2.05, 4.69) is 5.73 Å². The zero-order valence-electron chi connectivity index (χ0n) is 9.71. The molecule has 0 saturated heterocycles. The molecule has 0 aromatic rings. The highest BCUT2D eigenvalue weighted by atomic mass is 35.5. The Morgan fingerprint density at radius 1 is 1.40 bits per heavy atom. The van der Waals surface area contributed by atoms with Crippen LogP contribution in [0.5, 0.6) is 0 Å². The second-order valence-electron chi connectivity index (χ2n) is 3.66. The first-order valence-electron chi connectivity index (χ1n) is 4.80. The highest BCUT2D eigenvalue weighted by molar-refractivity contribution is 5.89. The number of ether oxygens (including phenoxy) is 1. The van der Waals surface area contributed by atoms with Gasteiger partial charge in [0.15, 0.2) is 0 Å². The molecule has 4 N–H and O–H groups in total. The number of aliphatic hydroxyl groups is 1. The molecule has 0 heterocycles. The lowest BCUT2D eigenvalue weighted by atomic mass is 10.0. The molecular weight excluding hydrogens is 218 g/mol. The Labute approximate surface area is 96.9 Å². The van der Waals surface area contributed by atoms with Gasteiger partial charge < -0.3 is 28.0 Å². The summed E-state index contributed by atoms with van der Waals surface area (Å²) in [6.45, 7) is 7.47. The summed E-state index contributed by atoms with van der Waals surface area (Å²) in [7, 11) is 0. The van der Waals surface area contributed by atoms with Crippen LogP contribution in [-0.2, 0) is 9.53 Å². The van der Waals surface area contributed by atoms with Crippen molar-refractivity contribution in [2.45, 2.75) is 33.8 Å². The van der Waals surface area contributed by atoms with E-state index in [4.69, 9.17) is 4.74 Å². The van der Waals surface area contributed by atoms with Crippen molar-refractivity contribution in [3.8, 4) is 0 Å². The summed E-state index contributed by atoms with van der Waals surface area (Å²) in [6.07, 6.45) is -0.212. The van der Waals surface area contributed by atoms with Gasteiger partial charge >= 0.3 is 5.97 Å². The van der Waals surface area contributed by atoms with Gasteiger partial charge in [-0.2, -0.15) is 0 Å². The highest BCUT2D eigenvalue weighted by Crippen LogP contribution is 2.15. The number of carbonyl (C=O) groups is 1. The zero-order valence-corrected chi connectivity index (χ0v) is 10.5. The van der Waals surface area contributed by atoms with Crippen LogP contribution in [0.2, 0.25) is 0 Å². The van der Waals surface area contributed by atoms with E-state index < -0.39 is 5.97 Å². The van der Waals surface area contributed by atoms with Gasteiger partial charge in [0.05, 0.1) is 11.3 Å². The van der Waals surface area contributed by atoms with E-state index in [0.717, 1.165) is 0 Å². The molecule has 0 spiro atoms. The molecular formula is C10H20ClNO3. The minimum atomic E-state index is -0.448. The van der Waals surface area contributed by atoms with Crippen LogP contribution in [0, 0.1) is 5.92 Å². The topological polar surface area (TPSA) is 74.2 Å². The maximum absolute atomic E-state index is 11.5. The largest absolute Gasteiger partial charge is 1.00 e. The Bertz CT molecular complexity index is 235. The van der Waals surface area contributed by atoms with Crippen LogP contribution in [0.15, 0.2) is 11.3 Å². The van der Waals surface area contributed by atoms with E-state index in [0.29, 0.717) is 12.1 Å². The summed E-state index contributed by atoms with van der Waals surface area (Å²) in [5, 5.41) is 9.30. The second kappa shape index (κ2) is 7.54. The van der Waals surface area contributed by atoms with Crippen molar-refractivity contribution in [3.63, 3.8) is 0 Å². The highest BCUT2D eigenvalue weighted by Gasteiger charge is 2.20. The van der Waals surface area contributed by atoms with Crippen molar-refractivity contribution in [2.24, 2.45) is 5.92 Å². The van der Waals surface area contributed by atoms with Crippen LogP contribution in [0.3, 0.4) is 0 Å². The fraction of sp³-hybridized carbons (Fsp3) is 0.700. The number of hydrogen-bond acceptors (Lipinski definition) is 3. The molecule has 1 unspecified atom stereocenters. The molecule has 0 aromatic heterocycles. The molecule has 90 valence electrons. The number of quaternary nitrogens is 1. The van der Waals surface area contributed by atoms with Gasteiger partial charge in [0.2, 0.25) is 0 Å². The van der Waals surface area contributed by atoms with E-state index in [1.54, 1.807) is 6.92 Å². The molecule has 0 fully saturated rings. The van der Waals surface area contributed by atoms with Crippen LogP contribution in [-0.4, -0.2) is 23.7 Å². The molecule has 4 nitrogen and oxygen atoms in total. The fourth-order valence-corrected chi connectivity index (χ4v) is 1.11. The van der Waals surface area contributed by atoms with E-state index in [1.807, 2.05) is 13.8 Å². The predicted octanol–water partition coefficient (Wildman–Crippen LogP) is -2.35. The lowest BCUT2D eigenvalue weighted by molar-refractivity contribution is -0.382. The van der Waals surface area contributed by atoms with Gasteiger partial charge in [-0.1, -0.05) is 13.8 Å². The maximum atomic E-state index is 11.5. The van der Waals surface area contributed by atoms with Gasteiger partial charge in [-0.05, 0) is 19.8 Å². The number of esters is 1. The quantitative estimate of drug-likeness (QED) is 0.327. The number of allylic oxidation sites excluding steroid dienone is 1. The second-order valence-corrected chi connectivity index (χ2v) is 3.66. The Hall–Kier alpha value is -0.740. The molecule has 0 saturated carbocycles. The molecule has 0 amide bonds. The van der Waals surface area contributed by atoms with Crippen molar-refractivity contribution in [3.05, 3.63) is 11.3 Å². The first kappa shape index (κ1) is 16.7. The van der Waals surface area contributed by atoms with E-state index >= 15 is 0 Å². The van der Waals surface area contributed by atoms with Crippen LogP contribution in [0.1, 0.15) is 27.7 Å². The van der Waals surface area contributed by atoms with E-state index in [9.17, 15) is 9.90 Å². The molecule has 0 rings (SSSR count). The van der Waals surface area contributed by atoms with Gasteiger partial charge in [0, 0.05) is 0 Å². The van der Waals surface area contributed by atoms with Crippen LogP contribution >= 0.6 is 0 Å². The summed E-state index contributed by atoms with van der Waals surface area (Å²) in [6, 6.07) is 0. The minimum Gasteiger partial charge on any atom is -1.00 e. The molecule has 15 heavy (non-hydrogen) atoms. The molecule has 0 aliphatic carbocycles. The number of aliphatic hydroxyl groups excluding tert-OH is 1. The van der Waals surface area contributed by atoms with Crippen molar-refractivity contribution in [1.82, 2.24) is 0 Å². The minimum absolute atomic E-state index is 0. The zero-order chi connectivity index (χ0) is 11.3. The summed E-state index contributed by atoms with van der Waals surface area (Å²) in [4.78, 5) is 11.5. The fourth-order valence-electron chi connectivity index (χ4n) is 1.11. The monoisotopic (exact) mass is 237 g/mol. The van der Waals surface area contributed by atoms with E-state index in [-0.39, 0.29) is 30.2 Å². The lowest BCUT2D eigenvalue weighted by Crippen LogP contribution is -3.00. The summed E-state index contributed by atoms with van der Waals surface area (Å²) >= 11 is 0. The van der Waals surface area contributed by atoms with Crippen LogP contribution in [0.25, 0.3) is 0 Å². The molecule has 1 atom stereocenters. The summed E-state index contributed by atoms with van der Waals surface area (Å²) in [5.74, 6) is -0.457. The number of halogens is 1. The van der Waals surface area contributed by atoms with Gasteiger partial charge in [-0.15, -0.1) is 0 Å². The van der Waals surface area contributed by atoms with Gasteiger partial charge in [0.1, 0.15) is 12.6 Å². The normalized spacial score (nSPS) is 14.0. The third kappa shape index (κ3) is 5.64. The third-order valence-electron chi connectivity index (χ3n) is 1.90. The van der Waals surface area contributed by atoms with Gasteiger partial charge in [-0.3, -0.25) is 0 Å². The Balaban J connectivity index is 0. The lowest BCUT2D eigenvalue weighted by Gasteiger charge is -2.14. The molecule has 0 aliphatic heterocycles. The third-order valence-corrected chi connectivity index (χ3v) is 1.90. The Morgan fingerprint density at radius 3 is 2.13 bits per heavy atom. The molecule has 0 aromatic carbocycles. The maximum Gasteiger partial charge on any atom is 0.338 e. The van der Waals surface area contributed by atoms with Crippen molar-refractivity contribution in [1.29, 1.82) is 0 Å². The molecule has 0 bridgehead atoms. The van der Waals surface area contributed by atoms with E-state index in [1.165, 1.54) is 6.92 Å². The number of hydrogen-bond donors (Lipinski definition) is 2. The predicted molar refractivity (Wildman–Crippen MR) is 53.5 cm³/mol. The standard InChI is InChI=1S/C10H19NO3.ClH/c1-6(2)9(8(4)12)10(13)14-7(3)5-11;/h6-7,12H,5,11H2,1-4H3;1H/b9-8+;. The molecule has 5 heteroatoms. The van der Waals surface area contributed by atoms with Gasteiger partial charge in [-0.25, -0.2) is 4.79 Å². The summed E-state index contributed by atoms with van der Waals surface area (Å²) in [5.41, 5.74) is 3.97. The SMILES string of the molecule is C/C(O)=C(\C(=O)OC(C)C[NH3+])C(C)C.[Cl-]. The number of carbonyl (C=O) groups excluding carboxylic acids is 1. The average Bonchev–Trinajstić information content (AvgIpc) is 2.02. The van der Waals surface area contributed by atoms with Crippen molar-refractivity contribution >= 4 is 5.97 Å². The summed E-state index contributed by atoms with van der Waals surface area (Å²) < 4.78 is 5.06. The smallest absolute Gasteiger partial charge is 0.338 e. The van der Waals surface area contributed by atoms with Gasteiger partial charge in [0.25, 0.3) is 0 Å². The first-order chi connectivity index (χ1) is 6.40. The average molecular weight is 238 g/mol. The first-order valence-corrected chi connectivity index (χ1v) is 4.80. The Morgan fingerprint density at radius 2 is 1.87 bits per heavy atom. The Kier molecular flexibility index (Phi) is 8.38.